The second-order valence-electron chi connectivity index (χ2n) is 6.05. The Balaban J connectivity index is 4.07. The summed E-state index contributed by atoms with van der Waals surface area (Å²) in [5, 5.41) is 0. The summed E-state index contributed by atoms with van der Waals surface area (Å²) >= 11 is 0. The quantitative estimate of drug-likeness (QED) is 0.418. The minimum atomic E-state index is -0.471. The lowest BCUT2D eigenvalue weighted by molar-refractivity contribution is -0.157. The zero-order valence-corrected chi connectivity index (χ0v) is 12.9. The standard InChI is InChI=1S/C16H26O3/c1-12(2)14(17)11-9-7-8-10-13(3)19-15(18)16(4,5)6/h7-9,11-13H,10H2,1-6H3/b8-7+,11-9+/t13-/m1/s1. The molecule has 108 valence electrons. The Morgan fingerprint density at radius 2 is 1.68 bits per heavy atom. The highest BCUT2D eigenvalue weighted by Gasteiger charge is 2.24. The third-order valence-electron chi connectivity index (χ3n) is 2.47. The summed E-state index contributed by atoms with van der Waals surface area (Å²) in [6.07, 6.45) is 7.47. The van der Waals surface area contributed by atoms with Crippen molar-refractivity contribution in [3.8, 4) is 0 Å². The van der Waals surface area contributed by atoms with Crippen LogP contribution in [-0.4, -0.2) is 17.9 Å². The van der Waals surface area contributed by atoms with Crippen LogP contribution in [0.4, 0.5) is 0 Å². The molecule has 1 atom stereocenters. The maximum Gasteiger partial charge on any atom is 0.311 e. The van der Waals surface area contributed by atoms with Gasteiger partial charge in [0.1, 0.15) is 6.10 Å². The molecule has 0 saturated carbocycles. The van der Waals surface area contributed by atoms with Crippen molar-refractivity contribution >= 4 is 11.8 Å². The van der Waals surface area contributed by atoms with Gasteiger partial charge in [-0.15, -0.1) is 0 Å². The summed E-state index contributed by atoms with van der Waals surface area (Å²) in [7, 11) is 0. The number of hydrogen-bond acceptors (Lipinski definition) is 3. The third kappa shape index (κ3) is 8.36. The van der Waals surface area contributed by atoms with Crippen LogP contribution in [-0.2, 0) is 14.3 Å². The van der Waals surface area contributed by atoms with E-state index in [1.807, 2.05) is 53.7 Å². The monoisotopic (exact) mass is 266 g/mol. The first kappa shape index (κ1) is 17.6. The van der Waals surface area contributed by atoms with E-state index in [0.717, 1.165) is 0 Å². The van der Waals surface area contributed by atoms with E-state index < -0.39 is 5.41 Å². The lowest BCUT2D eigenvalue weighted by atomic mass is 9.97. The molecule has 0 aliphatic carbocycles. The summed E-state index contributed by atoms with van der Waals surface area (Å²) in [5.74, 6) is -0.0629. The summed E-state index contributed by atoms with van der Waals surface area (Å²) in [6, 6.07) is 0. The molecule has 0 saturated heterocycles. The van der Waals surface area contributed by atoms with Crippen LogP contribution >= 0.6 is 0 Å². The smallest absolute Gasteiger partial charge is 0.311 e. The van der Waals surface area contributed by atoms with Crippen molar-refractivity contribution in [1.82, 2.24) is 0 Å². The van der Waals surface area contributed by atoms with Crippen molar-refractivity contribution in [3.63, 3.8) is 0 Å². The first-order valence-electron chi connectivity index (χ1n) is 6.72. The third-order valence-corrected chi connectivity index (χ3v) is 2.47. The van der Waals surface area contributed by atoms with Gasteiger partial charge < -0.3 is 4.74 Å². The van der Waals surface area contributed by atoms with Gasteiger partial charge in [-0.1, -0.05) is 32.1 Å². The van der Waals surface area contributed by atoms with E-state index in [1.54, 1.807) is 12.2 Å². The number of carbonyl (C=O) groups is 2. The van der Waals surface area contributed by atoms with Gasteiger partial charge in [0.05, 0.1) is 5.41 Å². The van der Waals surface area contributed by atoms with Gasteiger partial charge in [-0.05, 0) is 33.8 Å². The molecule has 0 fully saturated rings. The maximum atomic E-state index is 11.6. The van der Waals surface area contributed by atoms with Gasteiger partial charge >= 0.3 is 5.97 Å². The molecule has 0 heterocycles. The molecule has 0 rings (SSSR count). The molecule has 3 heteroatoms. The zero-order chi connectivity index (χ0) is 15.1. The van der Waals surface area contributed by atoms with E-state index in [1.165, 1.54) is 0 Å². The first-order valence-corrected chi connectivity index (χ1v) is 6.72. The number of allylic oxidation sites excluding steroid dienone is 3. The number of esters is 1. The van der Waals surface area contributed by atoms with Gasteiger partial charge in [0.2, 0.25) is 0 Å². The molecule has 0 aromatic heterocycles. The van der Waals surface area contributed by atoms with E-state index in [2.05, 4.69) is 0 Å². The number of hydrogen-bond donors (Lipinski definition) is 0. The maximum absolute atomic E-state index is 11.6. The Bertz CT molecular complexity index is 357. The topological polar surface area (TPSA) is 43.4 Å². The van der Waals surface area contributed by atoms with Crippen molar-refractivity contribution in [2.75, 3.05) is 0 Å². The number of ketones is 1. The van der Waals surface area contributed by atoms with E-state index >= 15 is 0 Å². The Labute approximate surface area is 116 Å². The van der Waals surface area contributed by atoms with Gasteiger partial charge in [-0.3, -0.25) is 9.59 Å². The predicted octanol–water partition coefficient (Wildman–Crippen LogP) is 3.69. The fourth-order valence-electron chi connectivity index (χ4n) is 1.10. The van der Waals surface area contributed by atoms with E-state index in [-0.39, 0.29) is 23.8 Å². The fourth-order valence-corrected chi connectivity index (χ4v) is 1.10. The molecule has 0 bridgehead atoms. The second kappa shape index (κ2) is 7.93. The molecule has 0 amide bonds. The normalized spacial score (nSPS) is 14.3. The molecule has 0 spiro atoms. The minimum Gasteiger partial charge on any atom is -0.462 e. The Morgan fingerprint density at radius 1 is 1.11 bits per heavy atom. The average Bonchev–Trinajstić information content (AvgIpc) is 2.26. The Hall–Kier alpha value is -1.38. The molecule has 0 aromatic rings. The van der Waals surface area contributed by atoms with Crippen LogP contribution < -0.4 is 0 Å². The van der Waals surface area contributed by atoms with Crippen LogP contribution in [0.2, 0.25) is 0 Å². The van der Waals surface area contributed by atoms with Gasteiger partial charge in [-0.25, -0.2) is 0 Å². The summed E-state index contributed by atoms with van der Waals surface area (Å²) in [5.41, 5.74) is -0.471. The van der Waals surface area contributed by atoms with Crippen LogP contribution in [0.15, 0.2) is 24.3 Å². The molecule has 0 N–H and O–H groups in total. The van der Waals surface area contributed by atoms with Gasteiger partial charge in [0, 0.05) is 12.3 Å². The lowest BCUT2D eigenvalue weighted by Gasteiger charge is -2.20. The van der Waals surface area contributed by atoms with Gasteiger partial charge in [0.25, 0.3) is 0 Å². The largest absolute Gasteiger partial charge is 0.462 e. The fraction of sp³-hybridized carbons (Fsp3) is 0.625. The van der Waals surface area contributed by atoms with E-state index in [0.29, 0.717) is 6.42 Å². The van der Waals surface area contributed by atoms with Gasteiger partial charge in [0.15, 0.2) is 5.78 Å². The van der Waals surface area contributed by atoms with Crippen LogP contribution in [0, 0.1) is 11.3 Å². The number of rotatable bonds is 6. The first-order chi connectivity index (χ1) is 8.64. The lowest BCUT2D eigenvalue weighted by Crippen LogP contribution is -2.26. The SMILES string of the molecule is CC(C)C(=O)/C=C/C=C/C[C@@H](C)OC(=O)C(C)(C)C. The van der Waals surface area contributed by atoms with E-state index in [9.17, 15) is 9.59 Å². The predicted molar refractivity (Wildman–Crippen MR) is 77.8 cm³/mol. The number of ether oxygens (including phenoxy) is 1. The van der Waals surface area contributed by atoms with Crippen LogP contribution in [0.3, 0.4) is 0 Å². The van der Waals surface area contributed by atoms with Crippen LogP contribution in [0.1, 0.15) is 48.0 Å². The van der Waals surface area contributed by atoms with Crippen molar-refractivity contribution in [3.05, 3.63) is 24.3 Å². The highest BCUT2D eigenvalue weighted by atomic mass is 16.5. The summed E-state index contributed by atoms with van der Waals surface area (Å²) in [4.78, 5) is 22.9. The minimum absolute atomic E-state index is 0.0244. The molecule has 3 nitrogen and oxygen atoms in total. The molecule has 19 heavy (non-hydrogen) atoms. The Kier molecular flexibility index (Phi) is 7.35. The highest BCUT2D eigenvalue weighted by Crippen LogP contribution is 2.17. The number of carbonyl (C=O) groups excluding carboxylic acids is 2. The molecule has 0 aliphatic heterocycles. The molecule has 0 aliphatic rings. The average molecular weight is 266 g/mol. The molecule has 0 aromatic carbocycles. The Morgan fingerprint density at radius 3 is 2.16 bits per heavy atom. The van der Waals surface area contributed by atoms with Crippen LogP contribution in [0.25, 0.3) is 0 Å². The molecule has 0 radical (unpaired) electrons. The molecular formula is C16H26O3. The summed E-state index contributed by atoms with van der Waals surface area (Å²) in [6.45, 7) is 11.1. The van der Waals surface area contributed by atoms with Gasteiger partial charge in [-0.2, -0.15) is 0 Å². The van der Waals surface area contributed by atoms with Crippen molar-refractivity contribution in [2.24, 2.45) is 11.3 Å². The van der Waals surface area contributed by atoms with Crippen molar-refractivity contribution in [1.29, 1.82) is 0 Å². The molecular weight excluding hydrogens is 240 g/mol. The molecule has 0 unspecified atom stereocenters. The zero-order valence-electron chi connectivity index (χ0n) is 12.9. The summed E-state index contributed by atoms with van der Waals surface area (Å²) < 4.78 is 5.30. The highest BCUT2D eigenvalue weighted by molar-refractivity contribution is 5.91. The van der Waals surface area contributed by atoms with Crippen molar-refractivity contribution in [2.45, 2.75) is 54.1 Å². The van der Waals surface area contributed by atoms with E-state index in [4.69, 9.17) is 4.74 Å². The van der Waals surface area contributed by atoms with Crippen molar-refractivity contribution < 1.29 is 14.3 Å². The van der Waals surface area contributed by atoms with Crippen LogP contribution in [0.5, 0.6) is 0 Å². The second-order valence-corrected chi connectivity index (χ2v) is 6.05.